The van der Waals surface area contributed by atoms with E-state index in [1.165, 1.54) is 5.56 Å². The van der Waals surface area contributed by atoms with Gasteiger partial charge in [0.2, 0.25) is 5.91 Å². The van der Waals surface area contributed by atoms with Crippen LogP contribution < -0.4 is 5.32 Å². The van der Waals surface area contributed by atoms with Crippen molar-refractivity contribution in [2.24, 2.45) is 0 Å². The third-order valence-corrected chi connectivity index (χ3v) is 5.02. The van der Waals surface area contributed by atoms with E-state index in [1.807, 2.05) is 36.5 Å². The Morgan fingerprint density at radius 2 is 1.79 bits per heavy atom. The van der Waals surface area contributed by atoms with Crippen LogP contribution in [0.5, 0.6) is 0 Å². The minimum atomic E-state index is -0.0752. The standard InChI is InChI=1S/C23H20ClN3O/c1-16-9-11-17(12-10-16)23-20(27-15-5-4-8-21(27)26-23)13-14-22(28)25-19-7-3-2-6-18(19)24/h2-12,15H,13-14H2,1H3,(H,25,28). The van der Waals surface area contributed by atoms with Crippen molar-refractivity contribution in [2.45, 2.75) is 19.8 Å². The van der Waals surface area contributed by atoms with Crippen molar-refractivity contribution in [3.63, 3.8) is 0 Å². The fraction of sp³-hybridized carbons (Fsp3) is 0.130. The van der Waals surface area contributed by atoms with E-state index in [9.17, 15) is 4.79 Å². The van der Waals surface area contributed by atoms with E-state index < -0.39 is 0 Å². The predicted molar refractivity (Wildman–Crippen MR) is 114 cm³/mol. The van der Waals surface area contributed by atoms with Crippen molar-refractivity contribution in [3.05, 3.63) is 89.2 Å². The van der Waals surface area contributed by atoms with Crippen LogP contribution in [0.15, 0.2) is 72.9 Å². The number of aryl methyl sites for hydroxylation is 2. The summed E-state index contributed by atoms with van der Waals surface area (Å²) < 4.78 is 2.05. The van der Waals surface area contributed by atoms with Gasteiger partial charge in [0.05, 0.1) is 22.1 Å². The van der Waals surface area contributed by atoms with Crippen LogP contribution in [0, 0.1) is 6.92 Å². The first-order valence-corrected chi connectivity index (χ1v) is 9.57. The Labute approximate surface area is 168 Å². The Balaban J connectivity index is 1.60. The van der Waals surface area contributed by atoms with Gasteiger partial charge in [0.15, 0.2) is 0 Å². The Morgan fingerprint density at radius 1 is 1.04 bits per heavy atom. The largest absolute Gasteiger partial charge is 0.325 e. The number of carbonyl (C=O) groups is 1. The zero-order valence-corrected chi connectivity index (χ0v) is 16.3. The normalized spacial score (nSPS) is 10.9. The van der Waals surface area contributed by atoms with Crippen molar-refractivity contribution in [2.75, 3.05) is 5.32 Å². The molecule has 0 unspecified atom stereocenters. The van der Waals surface area contributed by atoms with Gasteiger partial charge in [-0.25, -0.2) is 4.98 Å². The molecule has 0 aliphatic rings. The Morgan fingerprint density at radius 3 is 2.57 bits per heavy atom. The number of carbonyl (C=O) groups excluding carboxylic acids is 1. The van der Waals surface area contributed by atoms with Crippen molar-refractivity contribution in [1.29, 1.82) is 0 Å². The first-order valence-electron chi connectivity index (χ1n) is 9.19. The van der Waals surface area contributed by atoms with E-state index in [2.05, 4.69) is 40.9 Å². The number of hydrogen-bond donors (Lipinski definition) is 1. The third-order valence-electron chi connectivity index (χ3n) is 4.69. The number of anilines is 1. The topological polar surface area (TPSA) is 46.4 Å². The molecule has 4 nitrogen and oxygen atoms in total. The van der Waals surface area contributed by atoms with Crippen molar-refractivity contribution in [3.8, 4) is 11.3 Å². The molecule has 4 aromatic rings. The molecule has 0 radical (unpaired) electrons. The monoisotopic (exact) mass is 389 g/mol. The van der Waals surface area contributed by atoms with Crippen LogP contribution in [-0.4, -0.2) is 15.3 Å². The zero-order chi connectivity index (χ0) is 19.5. The SMILES string of the molecule is Cc1ccc(-c2nc3ccccn3c2CCC(=O)Nc2ccccc2Cl)cc1. The number of aromatic nitrogens is 2. The molecule has 0 saturated carbocycles. The fourth-order valence-corrected chi connectivity index (χ4v) is 3.42. The Kier molecular flexibility index (Phi) is 5.13. The van der Waals surface area contributed by atoms with Gasteiger partial charge in [0.1, 0.15) is 5.65 Å². The van der Waals surface area contributed by atoms with Crippen molar-refractivity contribution in [1.82, 2.24) is 9.38 Å². The van der Waals surface area contributed by atoms with E-state index in [0.717, 1.165) is 22.6 Å². The lowest BCUT2D eigenvalue weighted by Crippen LogP contribution is -2.13. The molecule has 4 rings (SSSR count). The number of imidazole rings is 1. The highest BCUT2D eigenvalue weighted by Gasteiger charge is 2.15. The second-order valence-corrected chi connectivity index (χ2v) is 7.14. The second-order valence-electron chi connectivity index (χ2n) is 6.73. The highest BCUT2D eigenvalue weighted by atomic mass is 35.5. The lowest BCUT2D eigenvalue weighted by molar-refractivity contribution is -0.116. The van der Waals surface area contributed by atoms with Crippen LogP contribution in [-0.2, 0) is 11.2 Å². The van der Waals surface area contributed by atoms with Crippen LogP contribution >= 0.6 is 11.6 Å². The van der Waals surface area contributed by atoms with Gasteiger partial charge in [0.25, 0.3) is 0 Å². The van der Waals surface area contributed by atoms with Crippen molar-refractivity contribution < 1.29 is 4.79 Å². The molecule has 28 heavy (non-hydrogen) atoms. The molecule has 2 aromatic carbocycles. The van der Waals surface area contributed by atoms with Crippen molar-refractivity contribution >= 4 is 28.8 Å². The van der Waals surface area contributed by atoms with Gasteiger partial charge in [-0.15, -0.1) is 0 Å². The van der Waals surface area contributed by atoms with E-state index in [-0.39, 0.29) is 5.91 Å². The highest BCUT2D eigenvalue weighted by Crippen LogP contribution is 2.26. The lowest BCUT2D eigenvalue weighted by atomic mass is 10.1. The molecular formula is C23H20ClN3O. The van der Waals surface area contributed by atoms with Crippen LogP contribution in [0.25, 0.3) is 16.9 Å². The van der Waals surface area contributed by atoms with Gasteiger partial charge < -0.3 is 9.72 Å². The van der Waals surface area contributed by atoms with Gasteiger partial charge in [-0.05, 0) is 37.6 Å². The van der Waals surface area contributed by atoms with Crippen LogP contribution in [0.1, 0.15) is 17.7 Å². The molecule has 0 saturated heterocycles. The molecule has 0 fully saturated rings. The predicted octanol–water partition coefficient (Wildman–Crippen LogP) is 5.53. The number of benzene rings is 2. The molecule has 2 heterocycles. The van der Waals surface area contributed by atoms with E-state index >= 15 is 0 Å². The maximum Gasteiger partial charge on any atom is 0.224 e. The first-order chi connectivity index (χ1) is 13.6. The molecule has 140 valence electrons. The number of nitrogens with zero attached hydrogens (tertiary/aromatic N) is 2. The number of rotatable bonds is 5. The molecule has 1 N–H and O–H groups in total. The van der Waals surface area contributed by atoms with E-state index in [1.54, 1.807) is 12.1 Å². The van der Waals surface area contributed by atoms with Crippen LogP contribution in [0.3, 0.4) is 0 Å². The van der Waals surface area contributed by atoms with Gasteiger partial charge in [-0.3, -0.25) is 4.79 Å². The van der Waals surface area contributed by atoms with Gasteiger partial charge in [0, 0.05) is 18.2 Å². The minimum absolute atomic E-state index is 0.0752. The molecule has 0 bridgehead atoms. The summed E-state index contributed by atoms with van der Waals surface area (Å²) in [5.74, 6) is -0.0752. The fourth-order valence-electron chi connectivity index (χ4n) is 3.24. The number of nitrogens with one attached hydrogen (secondary N) is 1. The minimum Gasteiger partial charge on any atom is -0.325 e. The highest BCUT2D eigenvalue weighted by molar-refractivity contribution is 6.33. The molecule has 1 amide bonds. The number of para-hydroxylation sites is 1. The van der Waals surface area contributed by atoms with Gasteiger partial charge in [-0.2, -0.15) is 0 Å². The maximum absolute atomic E-state index is 12.5. The summed E-state index contributed by atoms with van der Waals surface area (Å²) >= 11 is 6.14. The summed E-state index contributed by atoms with van der Waals surface area (Å²) in [7, 11) is 0. The second kappa shape index (κ2) is 7.87. The van der Waals surface area contributed by atoms with E-state index in [4.69, 9.17) is 16.6 Å². The number of amides is 1. The summed E-state index contributed by atoms with van der Waals surface area (Å²) in [4.78, 5) is 17.3. The summed E-state index contributed by atoms with van der Waals surface area (Å²) in [5.41, 5.74) is 5.69. The molecule has 2 aromatic heterocycles. The molecule has 0 atom stereocenters. The van der Waals surface area contributed by atoms with Gasteiger partial charge in [-0.1, -0.05) is 59.6 Å². The van der Waals surface area contributed by atoms with Gasteiger partial charge >= 0.3 is 0 Å². The van der Waals surface area contributed by atoms with Crippen LogP contribution in [0.4, 0.5) is 5.69 Å². The summed E-state index contributed by atoms with van der Waals surface area (Å²) in [6.45, 7) is 2.06. The number of fused-ring (bicyclic) bond motifs is 1. The average Bonchev–Trinajstić information content (AvgIpc) is 3.07. The molecule has 0 aliphatic carbocycles. The van der Waals surface area contributed by atoms with E-state index in [0.29, 0.717) is 23.6 Å². The maximum atomic E-state index is 12.5. The number of hydrogen-bond acceptors (Lipinski definition) is 2. The average molecular weight is 390 g/mol. The molecule has 5 heteroatoms. The summed E-state index contributed by atoms with van der Waals surface area (Å²) in [6.07, 6.45) is 2.90. The smallest absolute Gasteiger partial charge is 0.224 e. The van der Waals surface area contributed by atoms with Crippen LogP contribution in [0.2, 0.25) is 5.02 Å². The molecule has 0 aliphatic heterocycles. The summed E-state index contributed by atoms with van der Waals surface area (Å²) in [6, 6.07) is 21.5. The number of pyridine rings is 1. The Hall–Kier alpha value is -3.11. The summed E-state index contributed by atoms with van der Waals surface area (Å²) in [5, 5.41) is 3.42. The number of halogens is 1. The zero-order valence-electron chi connectivity index (χ0n) is 15.5. The molecular weight excluding hydrogens is 370 g/mol. The lowest BCUT2D eigenvalue weighted by Gasteiger charge is -2.08. The third kappa shape index (κ3) is 3.78. The Bertz CT molecular complexity index is 1130. The quantitative estimate of drug-likeness (QED) is 0.487. The molecule has 0 spiro atoms. The first kappa shape index (κ1) is 18.3.